The van der Waals surface area contributed by atoms with Gasteiger partial charge in [-0.2, -0.15) is 0 Å². The van der Waals surface area contributed by atoms with Crippen molar-refractivity contribution in [3.05, 3.63) is 16.0 Å². The fourth-order valence-corrected chi connectivity index (χ4v) is 4.36. The Labute approximate surface area is 151 Å². The van der Waals surface area contributed by atoms with Crippen LogP contribution in [0.3, 0.4) is 0 Å². The van der Waals surface area contributed by atoms with E-state index in [4.69, 9.17) is 15.7 Å². The third kappa shape index (κ3) is 4.12. The van der Waals surface area contributed by atoms with Crippen molar-refractivity contribution in [1.82, 2.24) is 0 Å². The molecule has 1 heterocycles. The average Bonchev–Trinajstić information content (AvgIpc) is 2.90. The lowest BCUT2D eigenvalue weighted by Crippen LogP contribution is -2.30. The summed E-state index contributed by atoms with van der Waals surface area (Å²) in [5, 5.41) is 14.3. The third-order valence-corrected chi connectivity index (χ3v) is 5.71. The number of anilines is 1. The molecule has 1 unspecified atom stereocenters. The Balaban J connectivity index is 2.41. The zero-order valence-electron chi connectivity index (χ0n) is 15.0. The average molecular weight is 367 g/mol. The van der Waals surface area contributed by atoms with E-state index in [0.29, 0.717) is 16.5 Å². The molecule has 0 saturated carbocycles. The first-order chi connectivity index (χ1) is 11.7. The van der Waals surface area contributed by atoms with Crippen LogP contribution in [0.15, 0.2) is 5.16 Å². The Kier molecular flexibility index (Phi) is 5.72. The highest BCUT2D eigenvalue weighted by Gasteiger charge is 2.34. The fourth-order valence-electron chi connectivity index (χ4n) is 3.04. The zero-order chi connectivity index (χ0) is 18.8. The third-order valence-electron chi connectivity index (χ3n) is 4.54. The van der Waals surface area contributed by atoms with Gasteiger partial charge in [0, 0.05) is 4.88 Å². The Morgan fingerprint density at radius 1 is 1.44 bits per heavy atom. The first-order valence-corrected chi connectivity index (χ1v) is 9.11. The molecule has 0 radical (unpaired) electrons. The van der Waals surface area contributed by atoms with Gasteiger partial charge in [0.15, 0.2) is 0 Å². The van der Waals surface area contributed by atoms with Gasteiger partial charge < -0.3 is 21.0 Å². The number of thiophene rings is 1. The number of hydrogen-bond donors (Lipinski definition) is 3. The van der Waals surface area contributed by atoms with E-state index in [9.17, 15) is 9.59 Å². The van der Waals surface area contributed by atoms with Crippen LogP contribution >= 0.6 is 11.3 Å². The van der Waals surface area contributed by atoms with Gasteiger partial charge in [0.25, 0.3) is 5.91 Å². The van der Waals surface area contributed by atoms with Gasteiger partial charge in [0.05, 0.1) is 12.2 Å². The highest BCUT2D eigenvalue weighted by molar-refractivity contribution is 7.17. The van der Waals surface area contributed by atoms with Crippen LogP contribution in [-0.2, 0) is 22.4 Å². The molecule has 4 N–H and O–H groups in total. The van der Waals surface area contributed by atoms with Crippen molar-refractivity contribution in [1.29, 1.82) is 0 Å². The summed E-state index contributed by atoms with van der Waals surface area (Å²) in [6.45, 7) is 8.62. The van der Waals surface area contributed by atoms with Gasteiger partial charge in [-0.25, -0.2) is 4.79 Å². The van der Waals surface area contributed by atoms with E-state index < -0.39 is 17.7 Å². The molecule has 1 atom stereocenters. The maximum atomic E-state index is 12.4. The molecule has 8 heteroatoms. The monoisotopic (exact) mass is 367 g/mol. The van der Waals surface area contributed by atoms with Gasteiger partial charge in [-0.15, -0.1) is 11.3 Å². The normalized spacial score (nSPS) is 17.8. The van der Waals surface area contributed by atoms with Crippen LogP contribution in [0.25, 0.3) is 0 Å². The number of nitrogens with two attached hydrogens (primary N) is 1. The minimum atomic E-state index is -0.751. The standard InChI is InChI=1S/C17H25N3O4S/c1-5-24-16(22)12-10-7-6-9(17(2,3)4)8-11(10)25-15(12)19-14(21)13(18)20-23/h9,23H,5-8H2,1-4H3,(H2,18,20)(H,19,21). The van der Waals surface area contributed by atoms with Crippen molar-refractivity contribution in [3.8, 4) is 0 Å². The molecule has 138 valence electrons. The molecule has 25 heavy (non-hydrogen) atoms. The number of hydrogen-bond acceptors (Lipinski definition) is 6. The number of nitrogens with zero attached hydrogens (tertiary/aromatic N) is 1. The molecule has 0 aromatic carbocycles. The number of carbonyl (C=O) groups is 2. The van der Waals surface area contributed by atoms with Crippen LogP contribution in [0.1, 0.15) is 54.9 Å². The topological polar surface area (TPSA) is 114 Å². The van der Waals surface area contributed by atoms with Crippen molar-refractivity contribution in [3.63, 3.8) is 0 Å². The maximum Gasteiger partial charge on any atom is 0.341 e. The summed E-state index contributed by atoms with van der Waals surface area (Å²) in [7, 11) is 0. The summed E-state index contributed by atoms with van der Waals surface area (Å²) in [5.41, 5.74) is 6.84. The maximum absolute atomic E-state index is 12.4. The molecule has 0 spiro atoms. The molecule has 0 bridgehead atoms. The predicted octanol–water partition coefficient (Wildman–Crippen LogP) is 2.76. The number of ether oxygens (including phenoxy) is 1. The van der Waals surface area contributed by atoms with Crippen LogP contribution in [0.2, 0.25) is 0 Å². The first kappa shape index (κ1) is 19.2. The molecule has 1 aromatic rings. The second-order valence-electron chi connectivity index (χ2n) is 7.17. The highest BCUT2D eigenvalue weighted by atomic mass is 32.1. The lowest BCUT2D eigenvalue weighted by atomic mass is 9.72. The number of carbonyl (C=O) groups excluding carboxylic acids is 2. The minimum absolute atomic E-state index is 0.170. The van der Waals surface area contributed by atoms with Crippen LogP contribution in [0, 0.1) is 11.3 Å². The molecule has 1 aliphatic carbocycles. The van der Waals surface area contributed by atoms with E-state index in [1.54, 1.807) is 6.92 Å². The van der Waals surface area contributed by atoms with E-state index in [-0.39, 0.29) is 12.0 Å². The Morgan fingerprint density at radius 2 is 2.12 bits per heavy atom. The van der Waals surface area contributed by atoms with E-state index in [1.165, 1.54) is 11.3 Å². The molecule has 7 nitrogen and oxygen atoms in total. The summed E-state index contributed by atoms with van der Waals surface area (Å²) in [4.78, 5) is 25.4. The van der Waals surface area contributed by atoms with Gasteiger partial charge in [0.2, 0.25) is 5.84 Å². The van der Waals surface area contributed by atoms with Gasteiger partial charge in [0.1, 0.15) is 5.00 Å². The number of amides is 1. The summed E-state index contributed by atoms with van der Waals surface area (Å²) in [5.74, 6) is -1.27. The Morgan fingerprint density at radius 3 is 2.68 bits per heavy atom. The molecular formula is C17H25N3O4S. The number of rotatable bonds is 3. The van der Waals surface area contributed by atoms with Crippen molar-refractivity contribution in [2.24, 2.45) is 22.2 Å². The Bertz CT molecular complexity index is 703. The van der Waals surface area contributed by atoms with Gasteiger partial charge >= 0.3 is 5.97 Å². The minimum Gasteiger partial charge on any atom is -0.462 e. The van der Waals surface area contributed by atoms with Crippen LogP contribution in [0.5, 0.6) is 0 Å². The largest absolute Gasteiger partial charge is 0.462 e. The number of amidine groups is 1. The molecule has 0 saturated heterocycles. The lowest BCUT2D eigenvalue weighted by Gasteiger charge is -2.33. The smallest absolute Gasteiger partial charge is 0.341 e. The Hall–Kier alpha value is -2.09. The van der Waals surface area contributed by atoms with E-state index in [1.807, 2.05) is 0 Å². The zero-order valence-corrected chi connectivity index (χ0v) is 15.8. The van der Waals surface area contributed by atoms with Gasteiger partial charge in [-0.3, -0.25) is 4.79 Å². The number of esters is 1. The van der Waals surface area contributed by atoms with Gasteiger partial charge in [-0.1, -0.05) is 25.9 Å². The quantitative estimate of drug-likeness (QED) is 0.250. The summed E-state index contributed by atoms with van der Waals surface area (Å²) in [6, 6.07) is 0. The van der Waals surface area contributed by atoms with E-state index in [0.717, 1.165) is 29.7 Å². The van der Waals surface area contributed by atoms with Crippen molar-refractivity contribution < 1.29 is 19.5 Å². The summed E-state index contributed by atoms with van der Waals surface area (Å²) in [6.07, 6.45) is 2.60. The SMILES string of the molecule is CCOC(=O)c1c(NC(=O)/C(N)=N\O)sc2c1CCC(C(C)(C)C)C2. The first-order valence-electron chi connectivity index (χ1n) is 8.29. The van der Waals surface area contributed by atoms with Crippen LogP contribution < -0.4 is 11.1 Å². The van der Waals surface area contributed by atoms with Crippen molar-refractivity contribution in [2.45, 2.75) is 47.0 Å². The summed E-state index contributed by atoms with van der Waals surface area (Å²) >= 11 is 1.37. The lowest BCUT2D eigenvalue weighted by molar-refractivity contribution is -0.110. The molecule has 1 aromatic heterocycles. The molecule has 0 aliphatic heterocycles. The van der Waals surface area contributed by atoms with Crippen molar-refractivity contribution >= 4 is 34.0 Å². The molecular weight excluding hydrogens is 342 g/mol. The second kappa shape index (κ2) is 7.43. The molecule has 2 rings (SSSR count). The van der Waals surface area contributed by atoms with Crippen LogP contribution in [0.4, 0.5) is 5.00 Å². The number of fused-ring (bicyclic) bond motifs is 1. The summed E-state index contributed by atoms with van der Waals surface area (Å²) < 4.78 is 5.16. The van der Waals surface area contributed by atoms with Crippen molar-refractivity contribution in [2.75, 3.05) is 11.9 Å². The van der Waals surface area contributed by atoms with Crippen LogP contribution in [-0.4, -0.2) is 29.5 Å². The predicted molar refractivity (Wildman–Crippen MR) is 97.3 cm³/mol. The van der Waals surface area contributed by atoms with Gasteiger partial charge in [-0.05, 0) is 43.1 Å². The highest BCUT2D eigenvalue weighted by Crippen LogP contribution is 2.44. The molecule has 1 aliphatic rings. The van der Waals surface area contributed by atoms with E-state index in [2.05, 4.69) is 31.2 Å². The van der Waals surface area contributed by atoms with E-state index >= 15 is 0 Å². The molecule has 1 amide bonds. The second-order valence-corrected chi connectivity index (χ2v) is 8.28. The molecule has 0 fully saturated rings. The fraction of sp³-hybridized carbons (Fsp3) is 0.588. The number of nitrogens with one attached hydrogen (secondary N) is 1. The number of oxime groups is 1.